The molecule has 0 amide bonds. The second-order valence-electron chi connectivity index (χ2n) is 8.19. The molecule has 4 aromatic rings. The van der Waals surface area contributed by atoms with Crippen LogP contribution < -0.4 is 0 Å². The molecule has 0 spiro atoms. The lowest BCUT2D eigenvalue weighted by atomic mass is 10.1. The van der Waals surface area contributed by atoms with Crippen LogP contribution in [-0.2, 0) is 9.47 Å². The van der Waals surface area contributed by atoms with Crippen LogP contribution in [0.4, 0.5) is 0 Å². The summed E-state index contributed by atoms with van der Waals surface area (Å²) in [6.07, 6.45) is 8.84. The molecule has 0 saturated carbocycles. The van der Waals surface area contributed by atoms with E-state index in [0.29, 0.717) is 17.4 Å². The first kappa shape index (κ1) is 19.2. The molecular weight excluding hydrogens is 416 g/mol. The van der Waals surface area contributed by atoms with E-state index < -0.39 is 0 Å². The number of hydrogen-bond donors (Lipinski definition) is 0. The first-order valence-corrected chi connectivity index (χ1v) is 11.2. The van der Waals surface area contributed by atoms with Gasteiger partial charge in [-0.3, -0.25) is 4.57 Å². The molecule has 160 valence electrons. The van der Waals surface area contributed by atoms with Gasteiger partial charge in [-0.05, 0) is 55.8 Å². The van der Waals surface area contributed by atoms with Gasteiger partial charge in [0, 0.05) is 31.4 Å². The Kier molecular flexibility index (Phi) is 4.85. The Morgan fingerprint density at radius 1 is 0.935 bits per heavy atom. The summed E-state index contributed by atoms with van der Waals surface area (Å²) in [6, 6.07) is 6.65. The van der Waals surface area contributed by atoms with Crippen LogP contribution in [0.15, 0.2) is 30.9 Å². The standard InChI is InChI=1S/C22H23ClN6O2/c23-22-26-19(20-21(27-22)29(13-25-20)18-3-1-2-8-31-18)14-4-5-17-16(11-14)24-12-28(17)15-6-9-30-10-7-15/h4-5,11-13,15,18H,1-3,6-10H2. The van der Waals surface area contributed by atoms with Gasteiger partial charge in [0.15, 0.2) is 5.65 Å². The Morgan fingerprint density at radius 2 is 1.81 bits per heavy atom. The lowest BCUT2D eigenvalue weighted by molar-refractivity contribution is -0.0298. The maximum atomic E-state index is 6.33. The number of benzene rings is 1. The normalized spacial score (nSPS) is 20.6. The summed E-state index contributed by atoms with van der Waals surface area (Å²) in [5, 5.41) is 0.202. The molecule has 2 aliphatic heterocycles. The minimum absolute atomic E-state index is 0.0600. The molecule has 1 atom stereocenters. The zero-order chi connectivity index (χ0) is 20.8. The summed E-state index contributed by atoms with van der Waals surface area (Å²) in [6.45, 7) is 2.35. The van der Waals surface area contributed by atoms with Crippen molar-refractivity contribution in [2.75, 3.05) is 19.8 Å². The summed E-state index contributed by atoms with van der Waals surface area (Å²) in [5.41, 5.74) is 5.12. The number of ether oxygens (including phenoxy) is 2. The summed E-state index contributed by atoms with van der Waals surface area (Å²) < 4.78 is 15.7. The van der Waals surface area contributed by atoms with Crippen LogP contribution in [0.5, 0.6) is 0 Å². The monoisotopic (exact) mass is 438 g/mol. The van der Waals surface area contributed by atoms with E-state index in [1.165, 1.54) is 0 Å². The molecule has 2 fully saturated rings. The summed E-state index contributed by atoms with van der Waals surface area (Å²) in [5.74, 6) is 0. The molecular formula is C22H23ClN6O2. The van der Waals surface area contributed by atoms with Gasteiger partial charge in [-0.15, -0.1) is 0 Å². The minimum atomic E-state index is -0.0600. The van der Waals surface area contributed by atoms with Crippen molar-refractivity contribution in [2.24, 2.45) is 0 Å². The highest BCUT2D eigenvalue weighted by Crippen LogP contribution is 2.33. The van der Waals surface area contributed by atoms with Crippen molar-refractivity contribution in [3.05, 3.63) is 36.1 Å². The first-order valence-electron chi connectivity index (χ1n) is 10.8. The fourth-order valence-corrected chi connectivity index (χ4v) is 4.84. The second kappa shape index (κ2) is 7.85. The lowest BCUT2D eigenvalue weighted by Crippen LogP contribution is -2.18. The zero-order valence-electron chi connectivity index (χ0n) is 17.1. The van der Waals surface area contributed by atoms with Gasteiger partial charge >= 0.3 is 0 Å². The van der Waals surface area contributed by atoms with Gasteiger partial charge in [-0.2, -0.15) is 4.98 Å². The molecule has 5 heterocycles. The van der Waals surface area contributed by atoms with Crippen molar-refractivity contribution < 1.29 is 9.47 Å². The molecule has 9 heteroatoms. The number of fused-ring (bicyclic) bond motifs is 2. The average molecular weight is 439 g/mol. The van der Waals surface area contributed by atoms with Crippen molar-refractivity contribution in [1.82, 2.24) is 29.1 Å². The third-order valence-electron chi connectivity index (χ3n) is 6.29. The Labute approximate surface area is 184 Å². The second-order valence-corrected chi connectivity index (χ2v) is 8.52. The van der Waals surface area contributed by atoms with Gasteiger partial charge in [0.1, 0.15) is 17.4 Å². The maximum absolute atomic E-state index is 6.33. The molecule has 0 radical (unpaired) electrons. The highest BCUT2D eigenvalue weighted by atomic mass is 35.5. The van der Waals surface area contributed by atoms with E-state index in [4.69, 9.17) is 21.1 Å². The van der Waals surface area contributed by atoms with Crippen LogP contribution in [0, 0.1) is 0 Å². The molecule has 8 nitrogen and oxygen atoms in total. The molecule has 2 saturated heterocycles. The van der Waals surface area contributed by atoms with Crippen molar-refractivity contribution in [1.29, 1.82) is 0 Å². The summed E-state index contributed by atoms with van der Waals surface area (Å²) in [4.78, 5) is 18.3. The lowest BCUT2D eigenvalue weighted by Gasteiger charge is -2.24. The van der Waals surface area contributed by atoms with Gasteiger partial charge in [0.25, 0.3) is 0 Å². The van der Waals surface area contributed by atoms with Crippen LogP contribution >= 0.6 is 11.6 Å². The van der Waals surface area contributed by atoms with E-state index in [9.17, 15) is 0 Å². The number of rotatable bonds is 3. The van der Waals surface area contributed by atoms with E-state index >= 15 is 0 Å². The molecule has 1 aromatic carbocycles. The van der Waals surface area contributed by atoms with Gasteiger partial charge < -0.3 is 14.0 Å². The summed E-state index contributed by atoms with van der Waals surface area (Å²) in [7, 11) is 0. The van der Waals surface area contributed by atoms with Crippen LogP contribution in [0.2, 0.25) is 5.28 Å². The van der Waals surface area contributed by atoms with Crippen molar-refractivity contribution in [3.8, 4) is 11.3 Å². The van der Waals surface area contributed by atoms with Crippen LogP contribution in [-0.4, -0.2) is 48.9 Å². The predicted octanol–water partition coefficient (Wildman–Crippen LogP) is 4.55. The SMILES string of the molecule is Clc1nc(-c2ccc3c(c2)ncn3C2CCOCC2)c2ncn(C3CCCCO3)c2n1. The molecule has 2 aliphatic rings. The van der Waals surface area contributed by atoms with Crippen LogP contribution in [0.25, 0.3) is 33.5 Å². The number of halogens is 1. The quantitative estimate of drug-likeness (QED) is 0.436. The molecule has 1 unspecified atom stereocenters. The fourth-order valence-electron chi connectivity index (χ4n) is 4.68. The van der Waals surface area contributed by atoms with E-state index in [1.807, 2.05) is 10.9 Å². The third-order valence-corrected chi connectivity index (χ3v) is 6.46. The molecule has 6 rings (SSSR count). The Hall–Kier alpha value is -2.55. The molecule has 0 N–H and O–H groups in total. The van der Waals surface area contributed by atoms with Crippen molar-refractivity contribution in [2.45, 2.75) is 44.4 Å². The van der Waals surface area contributed by atoms with Crippen LogP contribution in [0.3, 0.4) is 0 Å². The van der Waals surface area contributed by atoms with Crippen molar-refractivity contribution >= 4 is 33.8 Å². The number of hydrogen-bond acceptors (Lipinski definition) is 6. The minimum Gasteiger partial charge on any atom is -0.381 e. The maximum Gasteiger partial charge on any atom is 0.225 e. The fraction of sp³-hybridized carbons (Fsp3) is 0.455. The largest absolute Gasteiger partial charge is 0.381 e. The topological polar surface area (TPSA) is 79.9 Å². The van der Waals surface area contributed by atoms with E-state index in [2.05, 4.69) is 42.7 Å². The molecule has 0 bridgehead atoms. The summed E-state index contributed by atoms with van der Waals surface area (Å²) >= 11 is 6.33. The molecule has 31 heavy (non-hydrogen) atoms. The number of aromatic nitrogens is 6. The van der Waals surface area contributed by atoms with Gasteiger partial charge in [-0.25, -0.2) is 15.0 Å². The van der Waals surface area contributed by atoms with E-state index in [0.717, 1.165) is 74.0 Å². The van der Waals surface area contributed by atoms with Crippen LogP contribution in [0.1, 0.15) is 44.4 Å². The van der Waals surface area contributed by atoms with Gasteiger partial charge in [0.05, 0.1) is 23.7 Å². The van der Waals surface area contributed by atoms with Gasteiger partial charge in [0.2, 0.25) is 5.28 Å². The predicted molar refractivity (Wildman–Crippen MR) is 117 cm³/mol. The Morgan fingerprint density at radius 3 is 2.65 bits per heavy atom. The molecule has 3 aromatic heterocycles. The number of imidazole rings is 2. The average Bonchev–Trinajstić information content (AvgIpc) is 3.43. The Bertz CT molecular complexity index is 1240. The smallest absolute Gasteiger partial charge is 0.225 e. The Balaban J connectivity index is 1.42. The highest BCUT2D eigenvalue weighted by Gasteiger charge is 2.22. The molecule has 0 aliphatic carbocycles. The van der Waals surface area contributed by atoms with E-state index in [1.54, 1.807) is 6.33 Å². The first-order chi connectivity index (χ1) is 15.3. The van der Waals surface area contributed by atoms with Gasteiger partial charge in [-0.1, -0.05) is 6.07 Å². The number of nitrogens with zero attached hydrogens (tertiary/aromatic N) is 6. The van der Waals surface area contributed by atoms with E-state index in [-0.39, 0.29) is 11.5 Å². The highest BCUT2D eigenvalue weighted by molar-refractivity contribution is 6.28. The zero-order valence-corrected chi connectivity index (χ0v) is 17.8. The third kappa shape index (κ3) is 3.39. The van der Waals surface area contributed by atoms with Crippen molar-refractivity contribution in [3.63, 3.8) is 0 Å².